The number of amides is 4. The zero-order chi connectivity index (χ0) is 27.3. The highest BCUT2D eigenvalue weighted by Gasteiger charge is 2.34. The summed E-state index contributed by atoms with van der Waals surface area (Å²) in [5.41, 5.74) is 1.78. The van der Waals surface area contributed by atoms with Gasteiger partial charge in [0.25, 0.3) is 5.91 Å². The minimum atomic E-state index is -0.795. The Morgan fingerprint density at radius 2 is 1.63 bits per heavy atom. The first-order chi connectivity index (χ1) is 18.4. The number of methoxy groups -OCH3 is 1. The van der Waals surface area contributed by atoms with Crippen LogP contribution in [0.2, 0.25) is 0 Å². The van der Waals surface area contributed by atoms with Gasteiger partial charge in [-0.25, -0.2) is 4.79 Å². The largest absolute Gasteiger partial charge is 0.497 e. The van der Waals surface area contributed by atoms with Crippen molar-refractivity contribution in [3.63, 3.8) is 0 Å². The standard InChI is InChI=1S/C27H32N4O7/c1-37-21-11-9-19(10-12-21)13-14-28-26(35)23(32)16-29-25(34)22-8-5-15-31(22)24(33)17-30-27(36)38-18-20-6-3-2-4-7-20/h2-4,6-7,9-12,22H,5,8,13-18H2,1H3,(H,28,35)(H,29,34)(H,30,36). The van der Waals surface area contributed by atoms with Gasteiger partial charge >= 0.3 is 6.09 Å². The van der Waals surface area contributed by atoms with Crippen molar-refractivity contribution in [1.29, 1.82) is 0 Å². The molecule has 2 aromatic carbocycles. The van der Waals surface area contributed by atoms with E-state index in [4.69, 9.17) is 9.47 Å². The van der Waals surface area contributed by atoms with Crippen LogP contribution in [0, 0.1) is 0 Å². The van der Waals surface area contributed by atoms with E-state index in [2.05, 4.69) is 16.0 Å². The van der Waals surface area contributed by atoms with Gasteiger partial charge in [0, 0.05) is 13.1 Å². The molecule has 1 atom stereocenters. The van der Waals surface area contributed by atoms with Crippen LogP contribution in [-0.2, 0) is 36.9 Å². The van der Waals surface area contributed by atoms with Crippen molar-refractivity contribution < 1.29 is 33.4 Å². The normalized spacial score (nSPS) is 14.3. The van der Waals surface area contributed by atoms with Gasteiger partial charge in [0.1, 0.15) is 24.9 Å². The van der Waals surface area contributed by atoms with Crippen LogP contribution < -0.4 is 20.7 Å². The van der Waals surface area contributed by atoms with Gasteiger partial charge in [-0.1, -0.05) is 42.5 Å². The van der Waals surface area contributed by atoms with Gasteiger partial charge in [-0.2, -0.15) is 0 Å². The number of rotatable bonds is 12. The van der Waals surface area contributed by atoms with Crippen molar-refractivity contribution >= 4 is 29.6 Å². The molecule has 3 rings (SSSR count). The van der Waals surface area contributed by atoms with Crippen molar-refractivity contribution in [2.24, 2.45) is 0 Å². The molecule has 0 spiro atoms. The monoisotopic (exact) mass is 524 g/mol. The molecule has 1 heterocycles. The number of alkyl carbamates (subject to hydrolysis) is 1. The van der Waals surface area contributed by atoms with Crippen LogP contribution in [0.25, 0.3) is 0 Å². The summed E-state index contributed by atoms with van der Waals surface area (Å²) in [5, 5.41) is 7.38. The number of Topliss-reactive ketones (excluding diaryl/α,β-unsaturated/α-hetero) is 1. The van der Waals surface area contributed by atoms with Crippen LogP contribution >= 0.6 is 0 Å². The van der Waals surface area contributed by atoms with Crippen molar-refractivity contribution in [2.45, 2.75) is 31.9 Å². The second-order valence-corrected chi connectivity index (χ2v) is 8.66. The van der Waals surface area contributed by atoms with Gasteiger partial charge in [-0.15, -0.1) is 0 Å². The van der Waals surface area contributed by atoms with Crippen molar-refractivity contribution in [1.82, 2.24) is 20.9 Å². The quantitative estimate of drug-likeness (QED) is 0.351. The Balaban J connectivity index is 1.35. The lowest BCUT2D eigenvalue weighted by Gasteiger charge is -2.24. The maximum absolute atomic E-state index is 12.6. The summed E-state index contributed by atoms with van der Waals surface area (Å²) >= 11 is 0. The molecule has 0 saturated carbocycles. The fourth-order valence-electron chi connectivity index (χ4n) is 3.94. The number of benzene rings is 2. The number of hydrogen-bond donors (Lipinski definition) is 3. The second-order valence-electron chi connectivity index (χ2n) is 8.66. The Kier molecular flexibility index (Phi) is 10.6. The average Bonchev–Trinajstić information content (AvgIpc) is 3.44. The molecule has 38 heavy (non-hydrogen) atoms. The van der Waals surface area contributed by atoms with E-state index in [1.807, 2.05) is 54.6 Å². The minimum Gasteiger partial charge on any atom is -0.497 e. The summed E-state index contributed by atoms with van der Waals surface area (Å²) in [4.78, 5) is 62.7. The third-order valence-electron chi connectivity index (χ3n) is 6.01. The molecular weight excluding hydrogens is 492 g/mol. The lowest BCUT2D eigenvalue weighted by Crippen LogP contribution is -2.50. The molecule has 1 unspecified atom stereocenters. The molecule has 0 bridgehead atoms. The van der Waals surface area contributed by atoms with Crippen molar-refractivity contribution in [3.8, 4) is 5.75 Å². The fourth-order valence-corrected chi connectivity index (χ4v) is 3.94. The summed E-state index contributed by atoms with van der Waals surface area (Å²) in [5.74, 6) is -1.82. The number of ether oxygens (including phenoxy) is 2. The molecule has 1 aliphatic rings. The summed E-state index contributed by atoms with van der Waals surface area (Å²) in [7, 11) is 1.58. The topological polar surface area (TPSA) is 143 Å². The Labute approximate surface area is 220 Å². The van der Waals surface area contributed by atoms with Crippen LogP contribution in [0.3, 0.4) is 0 Å². The van der Waals surface area contributed by atoms with Crippen LogP contribution in [-0.4, -0.2) is 73.8 Å². The fraction of sp³-hybridized carbons (Fsp3) is 0.370. The molecule has 11 heteroatoms. The Hall–Kier alpha value is -4.41. The van der Waals surface area contributed by atoms with Gasteiger partial charge in [-0.05, 0) is 42.5 Å². The van der Waals surface area contributed by atoms with Gasteiger partial charge in [0.15, 0.2) is 0 Å². The first-order valence-corrected chi connectivity index (χ1v) is 12.3. The number of carbonyl (C=O) groups is 5. The Morgan fingerprint density at radius 1 is 0.895 bits per heavy atom. The van der Waals surface area contributed by atoms with Crippen LogP contribution in [0.1, 0.15) is 24.0 Å². The van der Waals surface area contributed by atoms with Crippen LogP contribution in [0.15, 0.2) is 54.6 Å². The predicted octanol–water partition coefficient (Wildman–Crippen LogP) is 0.957. The second kappa shape index (κ2) is 14.4. The molecule has 0 aliphatic carbocycles. The number of hydrogen-bond acceptors (Lipinski definition) is 7. The van der Waals surface area contributed by atoms with E-state index in [1.54, 1.807) is 7.11 Å². The summed E-state index contributed by atoms with van der Waals surface area (Å²) in [6.07, 6.45) is 0.800. The zero-order valence-corrected chi connectivity index (χ0v) is 21.2. The van der Waals surface area contributed by atoms with E-state index in [1.165, 1.54) is 4.90 Å². The van der Waals surface area contributed by atoms with E-state index >= 15 is 0 Å². The number of nitrogens with zero attached hydrogens (tertiary/aromatic N) is 1. The highest BCUT2D eigenvalue weighted by atomic mass is 16.5. The molecule has 11 nitrogen and oxygen atoms in total. The van der Waals surface area contributed by atoms with Crippen LogP contribution in [0.4, 0.5) is 4.79 Å². The Bertz CT molecular complexity index is 1120. The molecule has 0 radical (unpaired) electrons. The van der Waals surface area contributed by atoms with Crippen LogP contribution in [0.5, 0.6) is 5.75 Å². The average molecular weight is 525 g/mol. The summed E-state index contributed by atoms with van der Waals surface area (Å²) in [6.45, 7) is -0.130. The highest BCUT2D eigenvalue weighted by molar-refractivity contribution is 6.37. The summed E-state index contributed by atoms with van der Waals surface area (Å²) < 4.78 is 10.2. The maximum atomic E-state index is 12.6. The smallest absolute Gasteiger partial charge is 0.407 e. The van der Waals surface area contributed by atoms with Gasteiger partial charge in [-0.3, -0.25) is 19.2 Å². The third-order valence-corrected chi connectivity index (χ3v) is 6.01. The first-order valence-electron chi connectivity index (χ1n) is 12.3. The first kappa shape index (κ1) is 28.2. The molecule has 3 N–H and O–H groups in total. The molecule has 1 fully saturated rings. The molecule has 4 amide bonds. The van der Waals surface area contributed by atoms with Gasteiger partial charge < -0.3 is 30.3 Å². The third kappa shape index (κ3) is 8.61. The lowest BCUT2D eigenvalue weighted by atomic mass is 10.1. The highest BCUT2D eigenvalue weighted by Crippen LogP contribution is 2.17. The lowest BCUT2D eigenvalue weighted by molar-refractivity contribution is -0.140. The summed E-state index contributed by atoms with van der Waals surface area (Å²) in [6, 6.07) is 15.7. The maximum Gasteiger partial charge on any atom is 0.407 e. The molecule has 202 valence electrons. The van der Waals surface area contributed by atoms with E-state index in [-0.39, 0.29) is 19.7 Å². The predicted molar refractivity (Wildman–Crippen MR) is 137 cm³/mol. The molecular formula is C27H32N4O7. The number of ketones is 1. The van der Waals surface area contributed by atoms with Crippen molar-refractivity contribution in [2.75, 3.05) is 33.3 Å². The van der Waals surface area contributed by atoms with E-state index in [9.17, 15) is 24.0 Å². The molecule has 1 aliphatic heterocycles. The minimum absolute atomic E-state index is 0.0682. The SMILES string of the molecule is COc1ccc(CCNC(=O)C(=O)CNC(=O)C2CCCN2C(=O)CNC(=O)OCc2ccccc2)cc1. The van der Waals surface area contributed by atoms with Gasteiger partial charge in [0.05, 0.1) is 13.7 Å². The molecule has 0 aromatic heterocycles. The van der Waals surface area contributed by atoms with Crippen molar-refractivity contribution in [3.05, 3.63) is 65.7 Å². The van der Waals surface area contributed by atoms with E-state index in [0.29, 0.717) is 25.8 Å². The number of carbonyl (C=O) groups excluding carboxylic acids is 5. The zero-order valence-electron chi connectivity index (χ0n) is 21.2. The number of likely N-dealkylation sites (tertiary alicyclic amines) is 1. The molecule has 2 aromatic rings. The van der Waals surface area contributed by atoms with Gasteiger partial charge in [0.2, 0.25) is 17.6 Å². The van der Waals surface area contributed by atoms with E-state index < -0.39 is 42.2 Å². The van der Waals surface area contributed by atoms with E-state index in [0.717, 1.165) is 16.9 Å². The molecule has 1 saturated heterocycles. The Morgan fingerprint density at radius 3 is 2.34 bits per heavy atom. The number of nitrogens with one attached hydrogen (secondary N) is 3.